The van der Waals surface area contributed by atoms with Gasteiger partial charge in [0, 0.05) is 29.7 Å². The summed E-state index contributed by atoms with van der Waals surface area (Å²) in [7, 11) is 3.20. The molecule has 0 aliphatic carbocycles. The fourth-order valence-electron chi connectivity index (χ4n) is 2.91. The summed E-state index contributed by atoms with van der Waals surface area (Å²) in [5.74, 6) is -3.27. The van der Waals surface area contributed by atoms with Crippen molar-refractivity contribution in [3.63, 3.8) is 0 Å². The van der Waals surface area contributed by atoms with E-state index in [4.69, 9.17) is 0 Å². The van der Waals surface area contributed by atoms with E-state index >= 15 is 0 Å². The molecule has 26 heavy (non-hydrogen) atoms. The third-order valence-corrected chi connectivity index (χ3v) is 5.15. The Morgan fingerprint density at radius 3 is 2.50 bits per heavy atom. The highest BCUT2D eigenvalue weighted by Gasteiger charge is 2.33. The van der Waals surface area contributed by atoms with Gasteiger partial charge in [-0.25, -0.2) is 13.2 Å². The van der Waals surface area contributed by atoms with Gasteiger partial charge in [-0.05, 0) is 60.0 Å². The molecule has 0 bridgehead atoms. The maximum atomic E-state index is 14.6. The van der Waals surface area contributed by atoms with Crippen molar-refractivity contribution < 1.29 is 18.0 Å². The molecule has 0 aromatic heterocycles. The quantitative estimate of drug-likeness (QED) is 0.688. The SMILES string of the molecule is CNC1CN(C(=O)c2ccc(F)c(F)c2N(C)c2ccc(I)cc2F)C1. The Morgan fingerprint density at radius 2 is 1.88 bits per heavy atom. The zero-order valence-corrected chi connectivity index (χ0v) is 16.4. The van der Waals surface area contributed by atoms with Crippen LogP contribution in [0.5, 0.6) is 0 Å². The number of nitrogens with zero attached hydrogens (tertiary/aromatic N) is 2. The summed E-state index contributed by atoms with van der Waals surface area (Å²) in [5.41, 5.74) is -0.220. The molecule has 4 nitrogen and oxygen atoms in total. The second-order valence-corrected chi connectivity index (χ2v) is 7.35. The summed E-state index contributed by atoms with van der Waals surface area (Å²) >= 11 is 1.96. The number of benzene rings is 2. The first-order valence-corrected chi connectivity index (χ1v) is 9.04. The van der Waals surface area contributed by atoms with E-state index in [1.54, 1.807) is 13.1 Å². The average molecular weight is 475 g/mol. The van der Waals surface area contributed by atoms with Gasteiger partial charge in [-0.1, -0.05) is 0 Å². The van der Waals surface area contributed by atoms with Gasteiger partial charge in [-0.2, -0.15) is 0 Å². The minimum absolute atomic E-state index is 0.00102. The molecule has 0 radical (unpaired) electrons. The van der Waals surface area contributed by atoms with Crippen molar-refractivity contribution in [2.75, 3.05) is 32.1 Å². The molecular formula is C18H17F3IN3O. The molecule has 0 unspecified atom stereocenters. The highest BCUT2D eigenvalue weighted by atomic mass is 127. The number of carbonyl (C=O) groups is 1. The Hall–Kier alpha value is -1.81. The lowest BCUT2D eigenvalue weighted by Crippen LogP contribution is -2.59. The average Bonchev–Trinajstić information content (AvgIpc) is 2.55. The van der Waals surface area contributed by atoms with Crippen molar-refractivity contribution in [3.8, 4) is 0 Å². The Labute approximate surface area is 163 Å². The molecule has 0 saturated carbocycles. The number of amides is 1. The monoisotopic (exact) mass is 475 g/mol. The molecule has 2 aromatic rings. The van der Waals surface area contributed by atoms with Crippen molar-refractivity contribution in [2.24, 2.45) is 0 Å². The molecule has 138 valence electrons. The first-order chi connectivity index (χ1) is 12.3. The van der Waals surface area contributed by atoms with Crippen LogP contribution in [0.2, 0.25) is 0 Å². The van der Waals surface area contributed by atoms with E-state index in [2.05, 4.69) is 5.32 Å². The van der Waals surface area contributed by atoms with Gasteiger partial charge < -0.3 is 15.1 Å². The van der Waals surface area contributed by atoms with E-state index in [-0.39, 0.29) is 23.0 Å². The normalized spacial score (nSPS) is 14.3. The van der Waals surface area contributed by atoms with Crippen LogP contribution in [0.3, 0.4) is 0 Å². The third-order valence-electron chi connectivity index (χ3n) is 4.48. The lowest BCUT2D eigenvalue weighted by atomic mass is 10.0. The molecule has 1 aliphatic rings. The van der Waals surface area contributed by atoms with Gasteiger partial charge in [0.2, 0.25) is 0 Å². The van der Waals surface area contributed by atoms with Crippen molar-refractivity contribution in [2.45, 2.75) is 6.04 Å². The predicted molar refractivity (Wildman–Crippen MR) is 102 cm³/mol. The van der Waals surface area contributed by atoms with Gasteiger partial charge >= 0.3 is 0 Å². The van der Waals surface area contributed by atoms with Gasteiger partial charge in [0.25, 0.3) is 5.91 Å². The highest BCUT2D eigenvalue weighted by Crippen LogP contribution is 2.34. The Balaban J connectivity index is 2.02. The molecule has 1 N–H and O–H groups in total. The number of nitrogens with one attached hydrogen (secondary N) is 1. The van der Waals surface area contributed by atoms with Crippen molar-refractivity contribution in [3.05, 3.63) is 56.9 Å². The van der Waals surface area contributed by atoms with Gasteiger partial charge in [0.05, 0.1) is 16.9 Å². The van der Waals surface area contributed by atoms with Crippen LogP contribution >= 0.6 is 22.6 Å². The van der Waals surface area contributed by atoms with Gasteiger partial charge in [-0.15, -0.1) is 0 Å². The Bertz CT molecular complexity index is 856. The van der Waals surface area contributed by atoms with E-state index < -0.39 is 23.4 Å². The summed E-state index contributed by atoms with van der Waals surface area (Å²) in [6.07, 6.45) is 0. The lowest BCUT2D eigenvalue weighted by Gasteiger charge is -2.39. The van der Waals surface area contributed by atoms with Crippen LogP contribution in [0.25, 0.3) is 0 Å². The molecule has 3 rings (SSSR count). The van der Waals surface area contributed by atoms with Gasteiger partial charge in [-0.3, -0.25) is 4.79 Å². The second kappa shape index (κ2) is 7.43. The topological polar surface area (TPSA) is 35.6 Å². The molecular weight excluding hydrogens is 458 g/mol. The predicted octanol–water partition coefficient (Wildman–Crippen LogP) is 3.52. The Morgan fingerprint density at radius 1 is 1.19 bits per heavy atom. The van der Waals surface area contributed by atoms with Crippen LogP contribution < -0.4 is 10.2 Å². The fourth-order valence-corrected chi connectivity index (χ4v) is 3.36. The molecule has 0 spiro atoms. The highest BCUT2D eigenvalue weighted by molar-refractivity contribution is 14.1. The summed E-state index contributed by atoms with van der Waals surface area (Å²) in [6, 6.07) is 6.75. The van der Waals surface area contributed by atoms with Gasteiger partial charge in [0.15, 0.2) is 11.6 Å². The van der Waals surface area contributed by atoms with E-state index in [0.717, 1.165) is 6.07 Å². The lowest BCUT2D eigenvalue weighted by molar-refractivity contribution is 0.0577. The number of carbonyl (C=O) groups excluding carboxylic acids is 1. The van der Waals surface area contributed by atoms with Crippen molar-refractivity contribution >= 4 is 39.9 Å². The van der Waals surface area contributed by atoms with Crippen LogP contribution in [-0.2, 0) is 0 Å². The molecule has 1 aliphatic heterocycles. The summed E-state index contributed by atoms with van der Waals surface area (Å²) in [5, 5.41) is 3.05. The first kappa shape index (κ1) is 19.0. The Kier molecular flexibility index (Phi) is 5.42. The molecule has 1 saturated heterocycles. The number of rotatable bonds is 4. The van der Waals surface area contributed by atoms with E-state index in [9.17, 15) is 18.0 Å². The van der Waals surface area contributed by atoms with Crippen LogP contribution in [0.1, 0.15) is 10.4 Å². The van der Waals surface area contributed by atoms with E-state index in [1.807, 2.05) is 22.6 Å². The van der Waals surface area contributed by atoms with E-state index in [1.165, 1.54) is 35.0 Å². The molecule has 8 heteroatoms. The number of halogens is 4. The van der Waals surface area contributed by atoms with Crippen LogP contribution in [0.15, 0.2) is 30.3 Å². The molecule has 1 amide bonds. The van der Waals surface area contributed by atoms with Crippen molar-refractivity contribution in [1.29, 1.82) is 0 Å². The zero-order chi connectivity index (χ0) is 19.0. The molecule has 1 heterocycles. The minimum Gasteiger partial charge on any atom is -0.339 e. The maximum absolute atomic E-state index is 14.6. The number of likely N-dealkylation sites (N-methyl/N-ethyl adjacent to an activating group) is 1. The molecule has 0 atom stereocenters. The summed E-state index contributed by atoms with van der Waals surface area (Å²) in [4.78, 5) is 15.4. The summed E-state index contributed by atoms with van der Waals surface area (Å²) < 4.78 is 43.4. The minimum atomic E-state index is -1.18. The van der Waals surface area contributed by atoms with Crippen molar-refractivity contribution in [1.82, 2.24) is 10.2 Å². The zero-order valence-electron chi connectivity index (χ0n) is 14.2. The largest absolute Gasteiger partial charge is 0.339 e. The van der Waals surface area contributed by atoms with Crippen LogP contribution in [0, 0.1) is 21.0 Å². The van der Waals surface area contributed by atoms with Gasteiger partial charge in [0.1, 0.15) is 5.82 Å². The van der Waals surface area contributed by atoms with Crippen LogP contribution in [0.4, 0.5) is 24.5 Å². The van der Waals surface area contributed by atoms with Crippen LogP contribution in [-0.4, -0.2) is 44.0 Å². The number of anilines is 2. The smallest absolute Gasteiger partial charge is 0.256 e. The fraction of sp³-hybridized carbons (Fsp3) is 0.278. The number of hydrogen-bond acceptors (Lipinski definition) is 3. The first-order valence-electron chi connectivity index (χ1n) is 7.96. The summed E-state index contributed by atoms with van der Waals surface area (Å²) in [6.45, 7) is 0.963. The number of hydrogen-bond donors (Lipinski definition) is 1. The number of likely N-dealkylation sites (tertiary alicyclic amines) is 1. The second-order valence-electron chi connectivity index (χ2n) is 6.11. The molecule has 1 fully saturated rings. The third kappa shape index (κ3) is 3.39. The molecule has 2 aromatic carbocycles. The van der Waals surface area contributed by atoms with E-state index in [0.29, 0.717) is 16.7 Å². The maximum Gasteiger partial charge on any atom is 0.256 e. The standard InChI is InChI=1S/C18H17F3IN3O/c1-23-11-8-25(9-11)18(26)12-4-5-13(19)16(21)17(12)24(2)15-6-3-10(22)7-14(15)20/h3-7,11,23H,8-9H2,1-2H3.